The second-order valence-corrected chi connectivity index (χ2v) is 6.08. The Kier molecular flexibility index (Phi) is 5.08. The topological polar surface area (TPSA) is 104 Å². The van der Waals surface area contributed by atoms with Crippen molar-refractivity contribution in [3.8, 4) is 5.75 Å². The van der Waals surface area contributed by atoms with E-state index in [2.05, 4.69) is 25.9 Å². The van der Waals surface area contributed by atoms with Crippen LogP contribution in [0.2, 0.25) is 0 Å². The lowest BCUT2D eigenvalue weighted by Gasteiger charge is -2.13. The highest BCUT2D eigenvalue weighted by atomic mass is 19.4. The zero-order valence-electron chi connectivity index (χ0n) is 15.0. The molecule has 0 spiro atoms. The number of hydrogen-bond acceptors (Lipinski definition) is 6. The number of aromatic hydroxyl groups is 1. The highest BCUT2D eigenvalue weighted by molar-refractivity contribution is 5.94. The molecule has 3 rings (SSSR count). The van der Waals surface area contributed by atoms with Crippen molar-refractivity contribution in [3.63, 3.8) is 0 Å². The predicted octanol–water partition coefficient (Wildman–Crippen LogP) is 2.31. The second-order valence-electron chi connectivity index (χ2n) is 6.08. The third-order valence-corrected chi connectivity index (χ3v) is 4.18. The Labute approximate surface area is 157 Å². The number of aryl methyl sites for hydroxylation is 1. The molecule has 3 aromatic rings. The number of carbonyl (C=O) groups is 1. The van der Waals surface area contributed by atoms with E-state index in [1.807, 2.05) is 0 Å². The summed E-state index contributed by atoms with van der Waals surface area (Å²) in [6.07, 6.45) is -4.68. The van der Waals surface area contributed by atoms with Crippen molar-refractivity contribution >= 4 is 17.4 Å². The van der Waals surface area contributed by atoms with Crippen LogP contribution < -0.4 is 10.6 Å². The van der Waals surface area contributed by atoms with E-state index in [0.717, 1.165) is 0 Å². The zero-order valence-corrected chi connectivity index (χ0v) is 15.0. The lowest BCUT2D eigenvalue weighted by molar-refractivity contribution is -0.146. The third-order valence-electron chi connectivity index (χ3n) is 4.18. The Morgan fingerprint density at radius 2 is 1.79 bits per heavy atom. The van der Waals surface area contributed by atoms with Gasteiger partial charge in [-0.15, -0.1) is 15.3 Å². The van der Waals surface area contributed by atoms with Crippen LogP contribution in [0.25, 0.3) is 5.65 Å². The first-order valence-electron chi connectivity index (χ1n) is 8.29. The fraction of sp³-hybridized carbons (Fsp3) is 0.294. The molecule has 0 bridgehead atoms. The molecule has 0 aliphatic carbocycles. The molecule has 8 nitrogen and oxygen atoms in total. The monoisotopic (exact) mass is 394 g/mol. The van der Waals surface area contributed by atoms with Gasteiger partial charge in [0, 0.05) is 24.2 Å². The average molecular weight is 394 g/mol. The quantitative estimate of drug-likeness (QED) is 0.574. The summed E-state index contributed by atoms with van der Waals surface area (Å²) in [7, 11) is 0. The summed E-state index contributed by atoms with van der Waals surface area (Å²) in [5, 5.41) is 25.5. The summed E-state index contributed by atoms with van der Waals surface area (Å²) in [6, 6.07) is 5.75. The largest absolute Gasteiger partial charge is 0.508 e. The van der Waals surface area contributed by atoms with Gasteiger partial charge in [-0.2, -0.15) is 17.7 Å². The fourth-order valence-electron chi connectivity index (χ4n) is 2.55. The molecule has 0 aliphatic rings. The van der Waals surface area contributed by atoms with Gasteiger partial charge in [-0.05, 0) is 43.7 Å². The van der Waals surface area contributed by atoms with Crippen molar-refractivity contribution in [2.24, 2.45) is 0 Å². The maximum atomic E-state index is 13.0. The van der Waals surface area contributed by atoms with Crippen LogP contribution in [-0.4, -0.2) is 43.9 Å². The number of rotatable bonds is 5. The molecule has 28 heavy (non-hydrogen) atoms. The van der Waals surface area contributed by atoms with Gasteiger partial charge < -0.3 is 15.7 Å². The molecule has 0 unspecified atom stereocenters. The Bertz CT molecular complexity index is 1010. The zero-order chi connectivity index (χ0) is 20.5. The van der Waals surface area contributed by atoms with Crippen LogP contribution >= 0.6 is 0 Å². The molecule has 0 saturated heterocycles. The summed E-state index contributed by atoms with van der Waals surface area (Å²) in [6.45, 7) is 3.80. The van der Waals surface area contributed by atoms with Crippen LogP contribution in [0.1, 0.15) is 27.3 Å². The Hall–Kier alpha value is -3.37. The molecule has 0 fully saturated rings. The number of nitrogens with zero attached hydrogens (tertiary/aromatic N) is 4. The number of benzene rings is 1. The number of fused-ring (bicyclic) bond motifs is 1. The SMILES string of the molecule is Cc1c(NCCNC(=O)c2ccc(O)cc2)nn2c(C(F)(F)F)nnc2c1C. The van der Waals surface area contributed by atoms with Crippen LogP contribution in [-0.2, 0) is 6.18 Å². The minimum Gasteiger partial charge on any atom is -0.508 e. The smallest absolute Gasteiger partial charge is 0.453 e. The van der Waals surface area contributed by atoms with E-state index < -0.39 is 12.0 Å². The average Bonchev–Trinajstić information content (AvgIpc) is 3.07. The maximum Gasteiger partial charge on any atom is 0.453 e. The molecule has 0 saturated carbocycles. The molecule has 11 heteroatoms. The molecule has 3 N–H and O–H groups in total. The van der Waals surface area contributed by atoms with Gasteiger partial charge in [-0.1, -0.05) is 0 Å². The molecule has 1 aromatic carbocycles. The Morgan fingerprint density at radius 1 is 1.11 bits per heavy atom. The number of nitrogens with one attached hydrogen (secondary N) is 2. The van der Waals surface area contributed by atoms with Crippen molar-refractivity contribution in [2.75, 3.05) is 18.4 Å². The molecule has 1 amide bonds. The predicted molar refractivity (Wildman–Crippen MR) is 94.2 cm³/mol. The van der Waals surface area contributed by atoms with Gasteiger partial charge in [0.1, 0.15) is 11.6 Å². The van der Waals surface area contributed by atoms with Crippen molar-refractivity contribution in [2.45, 2.75) is 20.0 Å². The molecule has 2 aromatic heterocycles. The van der Waals surface area contributed by atoms with E-state index in [1.54, 1.807) is 13.8 Å². The minimum absolute atomic E-state index is 0.0380. The van der Waals surface area contributed by atoms with Crippen molar-refractivity contribution in [1.82, 2.24) is 25.1 Å². The van der Waals surface area contributed by atoms with Crippen LogP contribution in [0.15, 0.2) is 24.3 Å². The number of alkyl halides is 3. The number of anilines is 1. The molecule has 0 atom stereocenters. The van der Waals surface area contributed by atoms with Gasteiger partial charge in [0.05, 0.1) is 0 Å². The normalized spacial score (nSPS) is 11.6. The Balaban J connectivity index is 1.69. The van der Waals surface area contributed by atoms with Gasteiger partial charge in [0.2, 0.25) is 0 Å². The van der Waals surface area contributed by atoms with Crippen molar-refractivity contribution < 1.29 is 23.1 Å². The van der Waals surface area contributed by atoms with E-state index in [9.17, 15) is 23.1 Å². The summed E-state index contributed by atoms with van der Waals surface area (Å²) in [5.74, 6) is -1.24. The molecule has 148 valence electrons. The number of phenols is 1. The highest BCUT2D eigenvalue weighted by Crippen LogP contribution is 2.29. The lowest BCUT2D eigenvalue weighted by atomic mass is 10.2. The summed E-state index contributed by atoms with van der Waals surface area (Å²) < 4.78 is 39.8. The molecule has 0 radical (unpaired) electrons. The molecule has 0 aliphatic heterocycles. The number of halogens is 3. The number of aromatic nitrogens is 4. The van der Waals surface area contributed by atoms with E-state index in [-0.39, 0.29) is 36.2 Å². The van der Waals surface area contributed by atoms with Gasteiger partial charge in [-0.3, -0.25) is 4.79 Å². The number of phenolic OH excluding ortho intramolecular Hbond substituents is 1. The van der Waals surface area contributed by atoms with Gasteiger partial charge in [0.25, 0.3) is 11.7 Å². The first-order chi connectivity index (χ1) is 13.2. The summed E-state index contributed by atoms with van der Waals surface area (Å²) >= 11 is 0. The Morgan fingerprint density at radius 3 is 2.43 bits per heavy atom. The fourth-order valence-corrected chi connectivity index (χ4v) is 2.55. The first-order valence-corrected chi connectivity index (χ1v) is 8.29. The van der Waals surface area contributed by atoms with Crippen molar-refractivity contribution in [3.05, 3.63) is 46.8 Å². The molecule has 2 heterocycles. The molecular formula is C17H17F3N6O2. The number of carbonyl (C=O) groups excluding carboxylic acids is 1. The van der Waals surface area contributed by atoms with Crippen LogP contribution in [0.5, 0.6) is 5.75 Å². The third kappa shape index (κ3) is 3.82. The van der Waals surface area contributed by atoms with Crippen LogP contribution in [0.4, 0.5) is 19.0 Å². The van der Waals surface area contributed by atoms with Crippen molar-refractivity contribution in [1.29, 1.82) is 0 Å². The van der Waals surface area contributed by atoms with Gasteiger partial charge >= 0.3 is 6.18 Å². The van der Waals surface area contributed by atoms with Crippen LogP contribution in [0.3, 0.4) is 0 Å². The second kappa shape index (κ2) is 7.33. The summed E-state index contributed by atoms with van der Waals surface area (Å²) in [4.78, 5) is 12.0. The maximum absolute atomic E-state index is 13.0. The summed E-state index contributed by atoms with van der Waals surface area (Å²) in [5.41, 5.74) is 1.58. The van der Waals surface area contributed by atoms with Crippen LogP contribution in [0, 0.1) is 13.8 Å². The van der Waals surface area contributed by atoms with E-state index in [0.29, 0.717) is 21.2 Å². The van der Waals surface area contributed by atoms with E-state index in [1.165, 1.54) is 24.3 Å². The lowest BCUT2D eigenvalue weighted by Crippen LogP contribution is -2.29. The van der Waals surface area contributed by atoms with Gasteiger partial charge in [-0.25, -0.2) is 0 Å². The van der Waals surface area contributed by atoms with E-state index >= 15 is 0 Å². The highest BCUT2D eigenvalue weighted by Gasteiger charge is 2.38. The number of amides is 1. The first kappa shape index (κ1) is 19.4. The number of hydrogen-bond donors (Lipinski definition) is 3. The molecular weight excluding hydrogens is 377 g/mol. The van der Waals surface area contributed by atoms with Gasteiger partial charge in [0.15, 0.2) is 5.65 Å². The van der Waals surface area contributed by atoms with E-state index in [4.69, 9.17) is 0 Å². The standard InChI is InChI=1S/C17H17F3N6O2/c1-9-10(2)14-23-24-16(17(18,19)20)26(14)25-13(9)21-7-8-22-15(28)11-3-5-12(27)6-4-11/h3-6,27H,7-8H2,1-2H3,(H,21,25)(H,22,28). The minimum atomic E-state index is -4.68.